The minimum Gasteiger partial charge on any atom is -0.396 e. The van der Waals surface area contributed by atoms with Gasteiger partial charge in [0.05, 0.1) is 5.60 Å². The number of aliphatic hydroxyl groups is 2. The SMILES string of the molecule is CC(CCO)SCCC(C)(C)O. The normalized spacial score (nSPS) is 14.8. The van der Waals surface area contributed by atoms with Gasteiger partial charge in [0.2, 0.25) is 0 Å². The molecule has 12 heavy (non-hydrogen) atoms. The average molecular weight is 192 g/mol. The minimum absolute atomic E-state index is 0.261. The van der Waals surface area contributed by atoms with Gasteiger partial charge >= 0.3 is 0 Å². The number of thioether (sulfide) groups is 1. The van der Waals surface area contributed by atoms with Crippen molar-refractivity contribution in [3.63, 3.8) is 0 Å². The van der Waals surface area contributed by atoms with E-state index in [9.17, 15) is 5.11 Å². The Balaban J connectivity index is 3.31. The van der Waals surface area contributed by atoms with E-state index in [1.165, 1.54) is 0 Å². The van der Waals surface area contributed by atoms with Crippen LogP contribution < -0.4 is 0 Å². The van der Waals surface area contributed by atoms with E-state index in [1.54, 1.807) is 0 Å². The zero-order valence-corrected chi connectivity index (χ0v) is 9.02. The molecule has 0 spiro atoms. The lowest BCUT2D eigenvalue weighted by Gasteiger charge is -2.17. The van der Waals surface area contributed by atoms with Gasteiger partial charge in [-0.05, 0) is 32.4 Å². The second kappa shape index (κ2) is 5.84. The molecule has 0 heterocycles. The van der Waals surface area contributed by atoms with Crippen LogP contribution in [0.5, 0.6) is 0 Å². The van der Waals surface area contributed by atoms with Gasteiger partial charge in [-0.15, -0.1) is 0 Å². The highest BCUT2D eigenvalue weighted by molar-refractivity contribution is 7.99. The van der Waals surface area contributed by atoms with E-state index in [-0.39, 0.29) is 6.61 Å². The van der Waals surface area contributed by atoms with E-state index in [0.717, 1.165) is 18.6 Å². The first-order chi connectivity index (χ1) is 5.45. The molecule has 0 aliphatic heterocycles. The van der Waals surface area contributed by atoms with Crippen molar-refractivity contribution in [2.45, 2.75) is 44.5 Å². The van der Waals surface area contributed by atoms with Gasteiger partial charge in [-0.3, -0.25) is 0 Å². The van der Waals surface area contributed by atoms with Crippen molar-refractivity contribution in [2.24, 2.45) is 0 Å². The van der Waals surface area contributed by atoms with Gasteiger partial charge in [-0.2, -0.15) is 11.8 Å². The minimum atomic E-state index is -0.550. The van der Waals surface area contributed by atoms with Crippen LogP contribution in [0.4, 0.5) is 0 Å². The Bertz CT molecular complexity index is 110. The third kappa shape index (κ3) is 8.37. The van der Waals surface area contributed by atoms with Crippen molar-refractivity contribution in [2.75, 3.05) is 12.4 Å². The lowest BCUT2D eigenvalue weighted by molar-refractivity contribution is 0.0777. The lowest BCUT2D eigenvalue weighted by atomic mass is 10.1. The first-order valence-corrected chi connectivity index (χ1v) is 5.45. The van der Waals surface area contributed by atoms with Gasteiger partial charge < -0.3 is 10.2 Å². The van der Waals surface area contributed by atoms with Gasteiger partial charge in [-0.25, -0.2) is 0 Å². The predicted molar refractivity (Wildman–Crippen MR) is 54.5 cm³/mol. The monoisotopic (exact) mass is 192 g/mol. The van der Waals surface area contributed by atoms with Crippen LogP contribution in [0, 0.1) is 0 Å². The van der Waals surface area contributed by atoms with Crippen LogP contribution in [0.1, 0.15) is 33.6 Å². The van der Waals surface area contributed by atoms with Crippen LogP contribution in [0.3, 0.4) is 0 Å². The zero-order chi connectivity index (χ0) is 9.61. The molecule has 3 heteroatoms. The van der Waals surface area contributed by atoms with Gasteiger partial charge in [0.15, 0.2) is 0 Å². The van der Waals surface area contributed by atoms with E-state index in [2.05, 4.69) is 6.92 Å². The van der Waals surface area contributed by atoms with Crippen molar-refractivity contribution in [1.29, 1.82) is 0 Å². The fourth-order valence-corrected chi connectivity index (χ4v) is 2.07. The third-order valence-electron chi connectivity index (χ3n) is 1.65. The molecule has 0 aliphatic rings. The second-order valence-corrected chi connectivity index (χ2v) is 5.30. The third-order valence-corrected chi connectivity index (χ3v) is 2.90. The Hall–Kier alpha value is 0.270. The maximum Gasteiger partial charge on any atom is 0.0599 e. The molecular formula is C9H20O2S. The Kier molecular flexibility index (Phi) is 5.97. The molecule has 0 aliphatic carbocycles. The predicted octanol–water partition coefficient (Wildman–Crippen LogP) is 1.65. The molecule has 0 amide bonds. The first-order valence-electron chi connectivity index (χ1n) is 4.40. The topological polar surface area (TPSA) is 40.5 Å². The molecule has 0 aromatic rings. The molecule has 1 atom stereocenters. The van der Waals surface area contributed by atoms with Gasteiger partial charge in [0.1, 0.15) is 0 Å². The maximum atomic E-state index is 9.40. The van der Waals surface area contributed by atoms with E-state index in [4.69, 9.17) is 5.11 Å². The number of hydrogen-bond acceptors (Lipinski definition) is 3. The average Bonchev–Trinajstić information content (AvgIpc) is 1.84. The molecule has 0 bridgehead atoms. The van der Waals surface area contributed by atoms with E-state index < -0.39 is 5.60 Å². The summed E-state index contributed by atoms with van der Waals surface area (Å²) in [6.45, 7) is 6.01. The second-order valence-electron chi connectivity index (χ2n) is 3.76. The molecular weight excluding hydrogens is 172 g/mol. The van der Waals surface area contributed by atoms with Gasteiger partial charge in [0.25, 0.3) is 0 Å². The van der Waals surface area contributed by atoms with E-state index in [1.807, 2.05) is 25.6 Å². The van der Waals surface area contributed by atoms with Crippen LogP contribution >= 0.6 is 11.8 Å². The highest BCUT2D eigenvalue weighted by atomic mass is 32.2. The van der Waals surface area contributed by atoms with Crippen molar-refractivity contribution in [3.05, 3.63) is 0 Å². The molecule has 1 unspecified atom stereocenters. The smallest absolute Gasteiger partial charge is 0.0599 e. The molecule has 2 nitrogen and oxygen atoms in total. The standard InChI is InChI=1S/C9H20O2S/c1-8(4-6-10)12-7-5-9(2,3)11/h8,10-11H,4-7H2,1-3H3. The largest absolute Gasteiger partial charge is 0.396 e. The summed E-state index contributed by atoms with van der Waals surface area (Å²) >= 11 is 1.81. The molecule has 0 aromatic heterocycles. The summed E-state index contributed by atoms with van der Waals surface area (Å²) in [6, 6.07) is 0. The lowest BCUT2D eigenvalue weighted by Crippen LogP contribution is -2.19. The van der Waals surface area contributed by atoms with Crippen LogP contribution in [-0.4, -0.2) is 33.4 Å². The van der Waals surface area contributed by atoms with Crippen LogP contribution in [0.25, 0.3) is 0 Å². The molecule has 0 fully saturated rings. The molecule has 0 aromatic carbocycles. The van der Waals surface area contributed by atoms with Crippen molar-refractivity contribution in [3.8, 4) is 0 Å². The molecule has 0 saturated heterocycles. The summed E-state index contributed by atoms with van der Waals surface area (Å²) in [5.41, 5.74) is -0.550. The number of rotatable bonds is 6. The summed E-state index contributed by atoms with van der Waals surface area (Å²) < 4.78 is 0. The van der Waals surface area contributed by atoms with Crippen molar-refractivity contribution < 1.29 is 10.2 Å². The number of aliphatic hydroxyl groups excluding tert-OH is 1. The highest BCUT2D eigenvalue weighted by Crippen LogP contribution is 2.18. The van der Waals surface area contributed by atoms with Gasteiger partial charge in [-0.1, -0.05) is 6.92 Å². The van der Waals surface area contributed by atoms with Gasteiger partial charge in [0, 0.05) is 11.9 Å². The van der Waals surface area contributed by atoms with Crippen LogP contribution in [0.2, 0.25) is 0 Å². The Labute approximate surface area is 79.4 Å². The summed E-state index contributed by atoms with van der Waals surface area (Å²) in [4.78, 5) is 0. The fraction of sp³-hybridized carbons (Fsp3) is 1.00. The summed E-state index contributed by atoms with van der Waals surface area (Å²) in [7, 11) is 0. The van der Waals surface area contributed by atoms with E-state index in [0.29, 0.717) is 5.25 Å². The Morgan fingerprint density at radius 2 is 2.00 bits per heavy atom. The van der Waals surface area contributed by atoms with Crippen molar-refractivity contribution in [1.82, 2.24) is 0 Å². The van der Waals surface area contributed by atoms with Crippen molar-refractivity contribution >= 4 is 11.8 Å². The number of hydrogen-bond donors (Lipinski definition) is 2. The molecule has 0 saturated carbocycles. The summed E-state index contributed by atoms with van der Waals surface area (Å²) in [6.07, 6.45) is 1.66. The Morgan fingerprint density at radius 3 is 2.42 bits per heavy atom. The summed E-state index contributed by atoms with van der Waals surface area (Å²) in [5, 5.41) is 18.5. The molecule has 0 radical (unpaired) electrons. The maximum absolute atomic E-state index is 9.40. The quantitative estimate of drug-likeness (QED) is 0.672. The first kappa shape index (κ1) is 12.3. The molecule has 2 N–H and O–H groups in total. The van der Waals surface area contributed by atoms with E-state index >= 15 is 0 Å². The zero-order valence-electron chi connectivity index (χ0n) is 8.21. The van der Waals surface area contributed by atoms with Crippen LogP contribution in [-0.2, 0) is 0 Å². The fourth-order valence-electron chi connectivity index (χ4n) is 0.775. The highest BCUT2D eigenvalue weighted by Gasteiger charge is 2.12. The molecule has 0 rings (SSSR count). The Morgan fingerprint density at radius 1 is 1.42 bits per heavy atom. The van der Waals surface area contributed by atoms with Crippen LogP contribution in [0.15, 0.2) is 0 Å². The summed E-state index contributed by atoms with van der Waals surface area (Å²) in [5.74, 6) is 0.963. The molecule has 74 valence electrons.